The number of ether oxygens (including phenoxy) is 3. The molecule has 1 N–H and O–H groups in total. The zero-order valence-electron chi connectivity index (χ0n) is 30.8. The van der Waals surface area contributed by atoms with Crippen molar-refractivity contribution in [2.75, 3.05) is 14.2 Å². The number of carbonyl (C=O) groups is 3. The molecule has 266 valence electrons. The molecular formula is C37H50N4O7S. The number of thiophene rings is 1. The topological polar surface area (TPSA) is 125 Å². The molecule has 11 nitrogen and oxygen atoms in total. The summed E-state index contributed by atoms with van der Waals surface area (Å²) in [7, 11) is 3.31. The standard InChI is InChI=1S/C37H50N4O7S/c1-21(2)22(3)39(12)20-23-16-24(14-15-37(10,11)45)25-18-27(40(26(25)17-23)33(43)47-35(4,5)6)30-31-28(19-29(49-31)32(42)46-13)41(38-30)34(44)48-36(7,8)9/h16-19,22,45H,1,14-15,20H2,2-13H3. The second-order valence-corrected chi connectivity index (χ2v) is 16.4. The zero-order chi connectivity index (χ0) is 36.8. The van der Waals surface area contributed by atoms with E-state index in [1.54, 1.807) is 55.4 Å². The third-order valence-electron chi connectivity index (χ3n) is 8.01. The fraction of sp³-hybridized carbons (Fsp3) is 0.514. The van der Waals surface area contributed by atoms with Crippen molar-refractivity contribution >= 4 is 50.6 Å². The molecule has 0 bridgehead atoms. The quantitative estimate of drug-likeness (QED) is 0.105. The second-order valence-electron chi connectivity index (χ2n) is 15.3. The highest BCUT2D eigenvalue weighted by atomic mass is 32.1. The van der Waals surface area contributed by atoms with Crippen LogP contribution in [0.5, 0.6) is 0 Å². The van der Waals surface area contributed by atoms with Gasteiger partial charge in [0.15, 0.2) is 0 Å². The molecule has 0 radical (unpaired) electrons. The van der Waals surface area contributed by atoms with Crippen LogP contribution in [0.4, 0.5) is 9.59 Å². The number of likely N-dealkylation sites (N-methyl/N-ethyl adjacent to an activating group) is 1. The Kier molecular flexibility index (Phi) is 10.6. The van der Waals surface area contributed by atoms with E-state index in [4.69, 9.17) is 19.3 Å². The number of nitrogens with zero attached hydrogens (tertiary/aromatic N) is 4. The van der Waals surface area contributed by atoms with Crippen LogP contribution in [0.15, 0.2) is 36.4 Å². The lowest BCUT2D eigenvalue weighted by Crippen LogP contribution is -2.29. The highest BCUT2D eigenvalue weighted by Gasteiger charge is 2.31. The van der Waals surface area contributed by atoms with Crippen molar-refractivity contribution in [2.24, 2.45) is 0 Å². The van der Waals surface area contributed by atoms with Crippen LogP contribution in [0, 0.1) is 0 Å². The monoisotopic (exact) mass is 694 g/mol. The first-order valence-electron chi connectivity index (χ1n) is 16.3. The van der Waals surface area contributed by atoms with Gasteiger partial charge in [0.25, 0.3) is 0 Å². The van der Waals surface area contributed by atoms with E-state index >= 15 is 0 Å². The third-order valence-corrected chi connectivity index (χ3v) is 9.12. The van der Waals surface area contributed by atoms with E-state index in [0.717, 1.165) is 38.1 Å². The summed E-state index contributed by atoms with van der Waals surface area (Å²) in [6.07, 6.45) is -0.364. The predicted molar refractivity (Wildman–Crippen MR) is 194 cm³/mol. The minimum atomic E-state index is -0.927. The van der Waals surface area contributed by atoms with Gasteiger partial charge in [0.1, 0.15) is 21.8 Å². The predicted octanol–water partition coefficient (Wildman–Crippen LogP) is 8.17. The van der Waals surface area contributed by atoms with Crippen LogP contribution in [0.1, 0.15) is 96.5 Å². The molecule has 0 saturated heterocycles. The van der Waals surface area contributed by atoms with Gasteiger partial charge in [-0.25, -0.2) is 19.0 Å². The van der Waals surface area contributed by atoms with Gasteiger partial charge >= 0.3 is 18.2 Å². The second kappa shape index (κ2) is 13.7. The van der Waals surface area contributed by atoms with Gasteiger partial charge in [0.05, 0.1) is 34.1 Å². The van der Waals surface area contributed by atoms with Gasteiger partial charge in [-0.15, -0.1) is 11.3 Å². The van der Waals surface area contributed by atoms with E-state index in [9.17, 15) is 19.5 Å². The maximum atomic E-state index is 14.2. The molecule has 0 aliphatic heterocycles. The van der Waals surface area contributed by atoms with Crippen molar-refractivity contribution < 1.29 is 33.7 Å². The van der Waals surface area contributed by atoms with Crippen LogP contribution in [0.25, 0.3) is 32.5 Å². The van der Waals surface area contributed by atoms with Crippen LogP contribution < -0.4 is 0 Å². The Bertz CT molecular complexity index is 1910. The Morgan fingerprint density at radius 3 is 2.14 bits per heavy atom. The smallest absolute Gasteiger partial charge is 0.435 e. The normalized spacial score (nSPS) is 13.3. The number of esters is 1. The van der Waals surface area contributed by atoms with Crippen molar-refractivity contribution in [3.8, 4) is 11.4 Å². The number of hydrogen-bond acceptors (Lipinski definition) is 10. The molecule has 0 spiro atoms. The van der Waals surface area contributed by atoms with E-state index in [-0.39, 0.29) is 10.9 Å². The van der Waals surface area contributed by atoms with Gasteiger partial charge in [-0.05, 0) is 118 Å². The average Bonchev–Trinajstić information content (AvgIpc) is 3.64. The van der Waals surface area contributed by atoms with Gasteiger partial charge in [0.2, 0.25) is 0 Å². The molecule has 3 heterocycles. The van der Waals surface area contributed by atoms with E-state index in [0.29, 0.717) is 46.5 Å². The van der Waals surface area contributed by atoms with Crippen molar-refractivity contribution in [3.63, 3.8) is 0 Å². The van der Waals surface area contributed by atoms with E-state index < -0.39 is 35.0 Å². The summed E-state index contributed by atoms with van der Waals surface area (Å²) in [6.45, 7) is 22.9. The fourth-order valence-electron chi connectivity index (χ4n) is 5.38. The Morgan fingerprint density at radius 1 is 0.980 bits per heavy atom. The maximum absolute atomic E-state index is 14.2. The molecule has 1 atom stereocenters. The average molecular weight is 695 g/mol. The van der Waals surface area contributed by atoms with Crippen LogP contribution in [-0.2, 0) is 27.2 Å². The lowest BCUT2D eigenvalue weighted by Gasteiger charge is -2.26. The first-order valence-corrected chi connectivity index (χ1v) is 17.1. The first kappa shape index (κ1) is 37.8. The minimum Gasteiger partial charge on any atom is -0.465 e. The maximum Gasteiger partial charge on any atom is 0.435 e. The number of rotatable bonds is 9. The molecule has 0 amide bonds. The molecule has 1 aromatic carbocycles. The number of hydrogen-bond donors (Lipinski definition) is 1. The van der Waals surface area contributed by atoms with Crippen LogP contribution in [0.2, 0.25) is 0 Å². The number of methoxy groups -OCH3 is 1. The SMILES string of the molecule is C=C(C)C(C)N(C)Cc1cc(CCC(C)(C)O)c2cc(-c3nn(C(=O)OC(C)(C)C)c4cc(C(=O)OC)sc34)n(C(=O)OC(C)(C)C)c2c1. The summed E-state index contributed by atoms with van der Waals surface area (Å²) in [5.41, 5.74) is 1.95. The summed E-state index contributed by atoms with van der Waals surface area (Å²) < 4.78 is 19.7. The molecule has 4 aromatic rings. The van der Waals surface area contributed by atoms with Crippen molar-refractivity contribution in [3.05, 3.63) is 52.4 Å². The molecule has 0 saturated carbocycles. The highest BCUT2D eigenvalue weighted by molar-refractivity contribution is 7.21. The summed E-state index contributed by atoms with van der Waals surface area (Å²) in [4.78, 5) is 42.8. The number of aromatic nitrogens is 3. The fourth-order valence-corrected chi connectivity index (χ4v) is 6.43. The summed E-state index contributed by atoms with van der Waals surface area (Å²) in [5, 5.41) is 16.2. The highest BCUT2D eigenvalue weighted by Crippen LogP contribution is 2.40. The van der Waals surface area contributed by atoms with Crippen molar-refractivity contribution in [2.45, 2.75) is 111 Å². The van der Waals surface area contributed by atoms with Gasteiger partial charge in [-0.3, -0.25) is 4.90 Å². The molecular weight excluding hydrogens is 644 g/mol. The summed E-state index contributed by atoms with van der Waals surface area (Å²) >= 11 is 1.11. The Morgan fingerprint density at radius 2 is 1.59 bits per heavy atom. The Labute approximate surface area is 292 Å². The van der Waals surface area contributed by atoms with Crippen LogP contribution >= 0.6 is 11.3 Å². The lowest BCUT2D eigenvalue weighted by molar-refractivity contribution is 0.0519. The van der Waals surface area contributed by atoms with Crippen molar-refractivity contribution in [1.82, 2.24) is 19.2 Å². The van der Waals surface area contributed by atoms with Gasteiger partial charge in [-0.1, -0.05) is 18.2 Å². The summed E-state index contributed by atoms with van der Waals surface area (Å²) in [6, 6.07) is 7.58. The van der Waals surface area contributed by atoms with E-state index in [2.05, 4.69) is 24.5 Å². The number of carbonyl (C=O) groups excluding carboxylic acids is 3. The Balaban J connectivity index is 2.08. The van der Waals surface area contributed by atoms with Gasteiger partial charge < -0.3 is 19.3 Å². The van der Waals surface area contributed by atoms with Crippen molar-refractivity contribution in [1.29, 1.82) is 0 Å². The molecule has 0 fully saturated rings. The minimum absolute atomic E-state index is 0.108. The van der Waals surface area contributed by atoms with E-state index in [1.807, 2.05) is 26.1 Å². The number of aliphatic hydroxyl groups is 1. The molecule has 3 aromatic heterocycles. The Hall–Kier alpha value is -4.00. The molecule has 12 heteroatoms. The number of benzene rings is 1. The van der Waals surface area contributed by atoms with Crippen LogP contribution in [-0.4, -0.2) is 79.5 Å². The van der Waals surface area contributed by atoms with Crippen LogP contribution in [0.3, 0.4) is 0 Å². The number of fused-ring (bicyclic) bond motifs is 2. The molecule has 0 aliphatic carbocycles. The molecule has 4 rings (SSSR count). The molecule has 49 heavy (non-hydrogen) atoms. The van der Waals surface area contributed by atoms with Gasteiger partial charge in [0, 0.05) is 18.0 Å². The number of aryl methyl sites for hydroxylation is 1. The molecule has 0 aliphatic rings. The first-order chi connectivity index (χ1) is 22.5. The lowest BCUT2D eigenvalue weighted by atomic mass is 9.95. The third kappa shape index (κ3) is 8.78. The zero-order valence-corrected chi connectivity index (χ0v) is 31.6. The van der Waals surface area contributed by atoms with E-state index in [1.165, 1.54) is 17.7 Å². The largest absolute Gasteiger partial charge is 0.465 e. The van der Waals surface area contributed by atoms with Gasteiger partial charge in [-0.2, -0.15) is 9.78 Å². The summed E-state index contributed by atoms with van der Waals surface area (Å²) in [5.74, 6) is -0.567. The molecule has 1 unspecified atom stereocenters.